The number of hydrogen-bond donors (Lipinski definition) is 0. The molecule has 0 amide bonds. The van der Waals surface area contributed by atoms with Gasteiger partial charge in [0.2, 0.25) is 0 Å². The molecule has 10 aromatic rings. The van der Waals surface area contributed by atoms with Gasteiger partial charge in [-0.05, 0) is 127 Å². The minimum absolute atomic E-state index is 0.551. The van der Waals surface area contributed by atoms with Crippen molar-refractivity contribution in [3.63, 3.8) is 0 Å². The summed E-state index contributed by atoms with van der Waals surface area (Å²) in [5.41, 5.74) is 17.3. The van der Waals surface area contributed by atoms with Gasteiger partial charge in [-0.2, -0.15) is 0 Å². The van der Waals surface area contributed by atoms with Crippen molar-refractivity contribution in [1.82, 2.24) is 0 Å². The van der Waals surface area contributed by atoms with Gasteiger partial charge in [0.15, 0.2) is 0 Å². The molecule has 2 heteroatoms. The van der Waals surface area contributed by atoms with E-state index in [1.807, 2.05) is 0 Å². The Morgan fingerprint density at radius 2 is 0.672 bits per heavy atom. The van der Waals surface area contributed by atoms with Crippen LogP contribution in [0.25, 0.3) is 55.3 Å². The highest BCUT2D eigenvalue weighted by atomic mass is 16.5. The Morgan fingerprint density at radius 1 is 0.279 bits per heavy atom. The first-order chi connectivity index (χ1) is 30.2. The molecule has 0 unspecified atom stereocenters. The van der Waals surface area contributed by atoms with Gasteiger partial charge in [0.05, 0.1) is 5.41 Å². The molecule has 0 bridgehead atoms. The van der Waals surface area contributed by atoms with Crippen LogP contribution in [0, 0.1) is 0 Å². The monoisotopic (exact) mass is 777 g/mol. The van der Waals surface area contributed by atoms with Crippen molar-refractivity contribution < 1.29 is 4.74 Å². The number of fused-ring (bicyclic) bond motifs is 10. The molecular formula is C59H39NO. The van der Waals surface area contributed by atoms with Crippen molar-refractivity contribution in [2.75, 3.05) is 4.90 Å². The number of nitrogens with zero attached hydrogens (tertiary/aromatic N) is 1. The minimum Gasteiger partial charge on any atom is -0.457 e. The van der Waals surface area contributed by atoms with E-state index in [9.17, 15) is 0 Å². The third-order valence-electron chi connectivity index (χ3n) is 12.7. The van der Waals surface area contributed by atoms with Crippen LogP contribution >= 0.6 is 0 Å². The van der Waals surface area contributed by atoms with Crippen LogP contribution in [0.3, 0.4) is 0 Å². The van der Waals surface area contributed by atoms with Crippen LogP contribution in [0.1, 0.15) is 22.3 Å². The fourth-order valence-electron chi connectivity index (χ4n) is 9.88. The van der Waals surface area contributed by atoms with Crippen molar-refractivity contribution in [3.05, 3.63) is 259 Å². The molecule has 1 aliphatic heterocycles. The molecular weight excluding hydrogens is 739 g/mol. The topological polar surface area (TPSA) is 12.5 Å². The van der Waals surface area contributed by atoms with E-state index in [-0.39, 0.29) is 0 Å². The molecule has 1 heterocycles. The van der Waals surface area contributed by atoms with Crippen LogP contribution < -0.4 is 9.64 Å². The zero-order valence-corrected chi connectivity index (χ0v) is 33.4. The Morgan fingerprint density at radius 3 is 1.20 bits per heavy atom. The summed E-state index contributed by atoms with van der Waals surface area (Å²) in [6.07, 6.45) is 0. The van der Waals surface area contributed by atoms with Crippen molar-refractivity contribution in [2.24, 2.45) is 0 Å². The normalized spacial score (nSPS) is 12.9. The lowest BCUT2D eigenvalue weighted by molar-refractivity contribution is 0.437. The van der Waals surface area contributed by atoms with E-state index < -0.39 is 5.41 Å². The maximum Gasteiger partial charge on any atom is 0.132 e. The molecule has 0 atom stereocenters. The van der Waals surface area contributed by atoms with Gasteiger partial charge < -0.3 is 9.64 Å². The molecule has 0 saturated heterocycles. The van der Waals surface area contributed by atoms with Gasteiger partial charge in [-0.25, -0.2) is 0 Å². The zero-order valence-electron chi connectivity index (χ0n) is 33.4. The molecule has 0 fully saturated rings. The molecule has 286 valence electrons. The summed E-state index contributed by atoms with van der Waals surface area (Å²) < 4.78 is 6.91. The van der Waals surface area contributed by atoms with Crippen LogP contribution in [-0.2, 0) is 5.41 Å². The number of rotatable bonds is 6. The first-order valence-electron chi connectivity index (χ1n) is 21.0. The van der Waals surface area contributed by atoms with Gasteiger partial charge in [-0.15, -0.1) is 0 Å². The maximum absolute atomic E-state index is 6.91. The quantitative estimate of drug-likeness (QED) is 0.167. The minimum atomic E-state index is -0.551. The second-order valence-electron chi connectivity index (χ2n) is 16.1. The van der Waals surface area contributed by atoms with E-state index in [0.29, 0.717) is 0 Å². The smallest absolute Gasteiger partial charge is 0.132 e. The Kier molecular flexibility index (Phi) is 8.11. The fraction of sp³-hybridized carbons (Fsp3) is 0.0169. The average molecular weight is 778 g/mol. The number of benzene rings is 10. The van der Waals surface area contributed by atoms with E-state index >= 15 is 0 Å². The summed E-state index contributed by atoms with van der Waals surface area (Å²) in [6, 6.07) is 85.7. The van der Waals surface area contributed by atoms with Gasteiger partial charge in [-0.1, -0.05) is 176 Å². The lowest BCUT2D eigenvalue weighted by atomic mass is 9.65. The highest BCUT2D eigenvalue weighted by Crippen LogP contribution is 2.62. The second-order valence-corrected chi connectivity index (χ2v) is 16.1. The largest absolute Gasteiger partial charge is 0.457 e. The van der Waals surface area contributed by atoms with Crippen LogP contribution in [-0.4, -0.2) is 0 Å². The Bertz CT molecular complexity index is 3110. The lowest BCUT2D eigenvalue weighted by Gasteiger charge is -2.40. The zero-order chi connectivity index (χ0) is 40.3. The molecule has 12 rings (SSSR count). The van der Waals surface area contributed by atoms with E-state index in [0.717, 1.165) is 45.3 Å². The molecule has 0 N–H and O–H groups in total. The molecule has 61 heavy (non-hydrogen) atoms. The first-order valence-corrected chi connectivity index (χ1v) is 21.0. The van der Waals surface area contributed by atoms with E-state index in [1.54, 1.807) is 0 Å². The SMILES string of the molecule is c1ccc(-c2ccc(N(c3ccc(-c4ccccc4)cc3)c3ccc(-c4ccc5c(c4)C4(c6cc7ccccc7cc6O5)c5ccccc5-c5ccccc54)cc3)cc2)cc1. The van der Waals surface area contributed by atoms with Crippen molar-refractivity contribution in [1.29, 1.82) is 0 Å². The number of anilines is 3. The fourth-order valence-corrected chi connectivity index (χ4v) is 9.88. The summed E-state index contributed by atoms with van der Waals surface area (Å²) in [5, 5.41) is 2.37. The van der Waals surface area contributed by atoms with Crippen molar-refractivity contribution in [2.45, 2.75) is 5.41 Å². The standard InChI is InChI=1S/C59H39NO/c1-3-13-40(14-4-1)42-23-30-48(31-24-42)60(49-32-25-43(26-33-49)41-15-5-2-6-16-41)50-34-27-44(28-35-50)47-29-36-57-55(38-47)59(56-37-45-17-7-8-18-46(45)39-58(56)61-57)53-21-11-9-19-51(53)52-20-10-12-22-54(52)59/h1-39H. The van der Waals surface area contributed by atoms with E-state index in [2.05, 4.69) is 241 Å². The van der Waals surface area contributed by atoms with Crippen molar-refractivity contribution >= 4 is 27.8 Å². The summed E-state index contributed by atoms with van der Waals surface area (Å²) in [4.78, 5) is 2.34. The third kappa shape index (κ3) is 5.64. The number of hydrogen-bond acceptors (Lipinski definition) is 2. The van der Waals surface area contributed by atoms with Crippen LogP contribution in [0.2, 0.25) is 0 Å². The average Bonchev–Trinajstić information content (AvgIpc) is 3.63. The van der Waals surface area contributed by atoms with Crippen LogP contribution in [0.4, 0.5) is 17.1 Å². The van der Waals surface area contributed by atoms with E-state index in [1.165, 1.54) is 60.8 Å². The Balaban J connectivity index is 0.978. The van der Waals surface area contributed by atoms with Gasteiger partial charge in [0, 0.05) is 28.2 Å². The highest BCUT2D eigenvalue weighted by molar-refractivity contribution is 5.93. The predicted molar refractivity (Wildman–Crippen MR) is 252 cm³/mol. The molecule has 2 aliphatic rings. The van der Waals surface area contributed by atoms with E-state index in [4.69, 9.17) is 4.74 Å². The maximum atomic E-state index is 6.91. The van der Waals surface area contributed by atoms with Crippen LogP contribution in [0.15, 0.2) is 237 Å². The molecule has 0 saturated carbocycles. The molecule has 2 nitrogen and oxygen atoms in total. The molecule has 0 aromatic heterocycles. The summed E-state index contributed by atoms with van der Waals surface area (Å²) in [5.74, 6) is 1.79. The summed E-state index contributed by atoms with van der Waals surface area (Å²) in [7, 11) is 0. The molecule has 1 aliphatic carbocycles. The third-order valence-corrected chi connectivity index (χ3v) is 12.7. The summed E-state index contributed by atoms with van der Waals surface area (Å²) in [6.45, 7) is 0. The Hall–Kier alpha value is -7.94. The number of ether oxygens (including phenoxy) is 1. The molecule has 10 aromatic carbocycles. The van der Waals surface area contributed by atoms with Gasteiger partial charge in [0.1, 0.15) is 11.5 Å². The highest BCUT2D eigenvalue weighted by Gasteiger charge is 2.51. The molecule has 1 spiro atoms. The Labute approximate surface area is 356 Å². The van der Waals surface area contributed by atoms with Crippen LogP contribution in [0.5, 0.6) is 11.5 Å². The predicted octanol–water partition coefficient (Wildman–Crippen LogP) is 15.8. The molecule has 0 radical (unpaired) electrons. The van der Waals surface area contributed by atoms with Gasteiger partial charge in [-0.3, -0.25) is 0 Å². The van der Waals surface area contributed by atoms with Crippen molar-refractivity contribution in [3.8, 4) is 56.0 Å². The lowest BCUT2D eigenvalue weighted by Crippen LogP contribution is -2.32. The second kappa shape index (κ2) is 14.1. The van der Waals surface area contributed by atoms with Gasteiger partial charge >= 0.3 is 0 Å². The first kappa shape index (κ1) is 35.0. The summed E-state index contributed by atoms with van der Waals surface area (Å²) >= 11 is 0. The van der Waals surface area contributed by atoms with Gasteiger partial charge in [0.25, 0.3) is 0 Å².